The summed E-state index contributed by atoms with van der Waals surface area (Å²) >= 11 is 0. The zero-order chi connectivity index (χ0) is 23.7. The lowest BCUT2D eigenvalue weighted by molar-refractivity contribution is -0.0366. The van der Waals surface area contributed by atoms with E-state index >= 15 is 0 Å². The first kappa shape index (κ1) is 22.2. The number of aromatic nitrogens is 7. The molecule has 0 bridgehead atoms. The first-order valence-electron chi connectivity index (χ1n) is 11.5. The van der Waals surface area contributed by atoms with Crippen LogP contribution in [0.25, 0.3) is 22.3 Å². The van der Waals surface area contributed by atoms with E-state index in [0.29, 0.717) is 18.3 Å². The fourth-order valence-electron chi connectivity index (χ4n) is 4.17. The van der Waals surface area contributed by atoms with Crippen molar-refractivity contribution in [3.8, 4) is 11.4 Å². The molecule has 4 heterocycles. The van der Waals surface area contributed by atoms with Crippen molar-refractivity contribution in [3.63, 3.8) is 0 Å². The third-order valence-corrected chi connectivity index (χ3v) is 5.97. The van der Waals surface area contributed by atoms with Gasteiger partial charge in [-0.1, -0.05) is 12.1 Å². The molecule has 0 amide bonds. The summed E-state index contributed by atoms with van der Waals surface area (Å²) in [5.41, 5.74) is 8.04. The lowest BCUT2D eigenvalue weighted by Crippen LogP contribution is -2.30. The van der Waals surface area contributed by atoms with Crippen LogP contribution in [0.15, 0.2) is 36.7 Å². The van der Waals surface area contributed by atoms with Crippen molar-refractivity contribution < 1.29 is 9.84 Å². The van der Waals surface area contributed by atoms with E-state index in [4.69, 9.17) is 15.6 Å². The lowest BCUT2D eigenvalue weighted by Gasteiger charge is -2.24. The van der Waals surface area contributed by atoms with Crippen molar-refractivity contribution in [2.45, 2.75) is 51.4 Å². The standard InChI is InChI=1S/C23H29N9O2/c1-23(2,18-8-9-31(30-18)10-11-33)29-22-27-20(26-21(24)28-22)15-6-7-16-14-25-32(17(16)13-15)19-5-3-4-12-34-19/h6-9,13-14,19,33H,3-5,10-12H2,1-2H3,(H3,24,26,27,28,29). The number of benzene rings is 1. The van der Waals surface area contributed by atoms with E-state index in [2.05, 4.69) is 30.5 Å². The van der Waals surface area contributed by atoms with Gasteiger partial charge < -0.3 is 20.9 Å². The van der Waals surface area contributed by atoms with Crippen LogP contribution in [0.5, 0.6) is 0 Å². The number of anilines is 2. The molecule has 1 atom stereocenters. The molecule has 4 aromatic rings. The van der Waals surface area contributed by atoms with Gasteiger partial charge in [0.05, 0.1) is 36.1 Å². The molecule has 1 fully saturated rings. The predicted octanol–water partition coefficient (Wildman–Crippen LogP) is 2.71. The predicted molar refractivity (Wildman–Crippen MR) is 128 cm³/mol. The molecular formula is C23H29N9O2. The van der Waals surface area contributed by atoms with Gasteiger partial charge in [-0.15, -0.1) is 0 Å². The number of aliphatic hydroxyl groups excluding tert-OH is 1. The zero-order valence-corrected chi connectivity index (χ0v) is 19.3. The summed E-state index contributed by atoms with van der Waals surface area (Å²) in [5, 5.41) is 22.6. The van der Waals surface area contributed by atoms with Crippen molar-refractivity contribution in [1.82, 2.24) is 34.5 Å². The molecule has 11 nitrogen and oxygen atoms in total. The highest BCUT2D eigenvalue weighted by molar-refractivity contribution is 5.83. The molecule has 11 heteroatoms. The SMILES string of the molecule is CC(C)(Nc1nc(N)nc(-c2ccc3cnn(C4CCCCO4)c3c2)n1)c1ccn(CCO)n1. The summed E-state index contributed by atoms with van der Waals surface area (Å²) in [6.07, 6.45) is 6.77. The molecule has 1 aliphatic rings. The van der Waals surface area contributed by atoms with Gasteiger partial charge in [0, 0.05) is 23.8 Å². The minimum Gasteiger partial charge on any atom is -0.394 e. The Kier molecular flexibility index (Phi) is 5.88. The fraction of sp³-hybridized carbons (Fsp3) is 0.435. The minimum absolute atomic E-state index is 0.0262. The van der Waals surface area contributed by atoms with Gasteiger partial charge in [0.25, 0.3) is 0 Å². The topological polar surface area (TPSA) is 142 Å². The molecule has 0 saturated carbocycles. The Morgan fingerprint density at radius 2 is 2.09 bits per heavy atom. The van der Waals surface area contributed by atoms with Gasteiger partial charge in [-0.25, -0.2) is 4.68 Å². The van der Waals surface area contributed by atoms with E-state index < -0.39 is 5.54 Å². The molecule has 0 spiro atoms. The van der Waals surface area contributed by atoms with Crippen LogP contribution in [0.4, 0.5) is 11.9 Å². The normalized spacial score (nSPS) is 16.7. The van der Waals surface area contributed by atoms with Crippen LogP contribution in [-0.4, -0.2) is 52.8 Å². The molecule has 1 saturated heterocycles. The maximum absolute atomic E-state index is 9.15. The number of aliphatic hydroxyl groups is 1. The van der Waals surface area contributed by atoms with Crippen molar-refractivity contribution in [1.29, 1.82) is 0 Å². The largest absolute Gasteiger partial charge is 0.394 e. The highest BCUT2D eigenvalue weighted by Crippen LogP contribution is 2.29. The van der Waals surface area contributed by atoms with Gasteiger partial charge in [-0.3, -0.25) is 4.68 Å². The third-order valence-electron chi connectivity index (χ3n) is 5.97. The molecular weight excluding hydrogens is 434 g/mol. The Balaban J connectivity index is 1.45. The van der Waals surface area contributed by atoms with Crippen LogP contribution < -0.4 is 11.1 Å². The fourth-order valence-corrected chi connectivity index (χ4v) is 4.17. The van der Waals surface area contributed by atoms with Crippen LogP contribution >= 0.6 is 0 Å². The Morgan fingerprint density at radius 1 is 1.21 bits per heavy atom. The van der Waals surface area contributed by atoms with Crippen molar-refractivity contribution in [2.75, 3.05) is 24.3 Å². The summed E-state index contributed by atoms with van der Waals surface area (Å²) in [6, 6.07) is 7.87. The highest BCUT2D eigenvalue weighted by Gasteiger charge is 2.25. The van der Waals surface area contributed by atoms with Gasteiger partial charge >= 0.3 is 0 Å². The number of nitrogen functional groups attached to an aromatic ring is 1. The molecule has 1 aromatic carbocycles. The van der Waals surface area contributed by atoms with Crippen LogP contribution in [0.1, 0.15) is 45.0 Å². The number of nitrogens with two attached hydrogens (primary N) is 1. The van der Waals surface area contributed by atoms with Crippen molar-refractivity contribution >= 4 is 22.8 Å². The van der Waals surface area contributed by atoms with Crippen molar-refractivity contribution in [3.05, 3.63) is 42.4 Å². The summed E-state index contributed by atoms with van der Waals surface area (Å²) in [4.78, 5) is 13.3. The monoisotopic (exact) mass is 463 g/mol. The highest BCUT2D eigenvalue weighted by atomic mass is 16.5. The van der Waals surface area contributed by atoms with Gasteiger partial charge in [0.1, 0.15) is 0 Å². The lowest BCUT2D eigenvalue weighted by atomic mass is 10.0. The maximum atomic E-state index is 9.15. The van der Waals surface area contributed by atoms with E-state index in [1.54, 1.807) is 4.68 Å². The van der Waals surface area contributed by atoms with Crippen LogP contribution in [0, 0.1) is 0 Å². The van der Waals surface area contributed by atoms with Gasteiger partial charge in [0.15, 0.2) is 12.1 Å². The second-order valence-electron chi connectivity index (χ2n) is 8.96. The van der Waals surface area contributed by atoms with E-state index in [1.165, 1.54) is 0 Å². The van der Waals surface area contributed by atoms with Crippen molar-refractivity contribution in [2.24, 2.45) is 0 Å². The number of hydrogen-bond acceptors (Lipinski definition) is 9. The van der Waals surface area contributed by atoms with Gasteiger partial charge in [-0.05, 0) is 45.2 Å². The van der Waals surface area contributed by atoms with E-state index in [1.807, 2.05) is 55.2 Å². The van der Waals surface area contributed by atoms with E-state index in [9.17, 15) is 0 Å². The molecule has 178 valence electrons. The number of ether oxygens (including phenoxy) is 1. The summed E-state index contributed by atoms with van der Waals surface area (Å²) in [7, 11) is 0. The van der Waals surface area contributed by atoms with Crippen LogP contribution in [0.3, 0.4) is 0 Å². The summed E-state index contributed by atoms with van der Waals surface area (Å²) in [6.45, 7) is 5.17. The Hall–Kier alpha value is -3.57. The van der Waals surface area contributed by atoms with Gasteiger partial charge in [0.2, 0.25) is 11.9 Å². The number of nitrogens with zero attached hydrogens (tertiary/aromatic N) is 7. The molecule has 1 aliphatic heterocycles. The molecule has 0 aliphatic carbocycles. The molecule has 1 unspecified atom stereocenters. The average molecular weight is 464 g/mol. The molecule has 5 rings (SSSR count). The zero-order valence-electron chi connectivity index (χ0n) is 19.3. The maximum Gasteiger partial charge on any atom is 0.228 e. The second kappa shape index (κ2) is 8.99. The Bertz CT molecular complexity index is 1290. The number of nitrogens with one attached hydrogen (secondary N) is 1. The van der Waals surface area contributed by atoms with Crippen LogP contribution in [0.2, 0.25) is 0 Å². The van der Waals surface area contributed by atoms with Gasteiger partial charge in [-0.2, -0.15) is 25.1 Å². The summed E-state index contributed by atoms with van der Waals surface area (Å²) in [5.74, 6) is 0.947. The van der Waals surface area contributed by atoms with E-state index in [0.717, 1.165) is 48.0 Å². The van der Waals surface area contributed by atoms with Crippen LogP contribution in [-0.2, 0) is 16.8 Å². The number of fused-ring (bicyclic) bond motifs is 1. The van der Waals surface area contributed by atoms with E-state index in [-0.39, 0.29) is 18.8 Å². The number of hydrogen-bond donors (Lipinski definition) is 3. The minimum atomic E-state index is -0.577. The third kappa shape index (κ3) is 4.44. The summed E-state index contributed by atoms with van der Waals surface area (Å²) < 4.78 is 9.57. The molecule has 3 aromatic heterocycles. The Labute approximate surface area is 197 Å². The quantitative estimate of drug-likeness (QED) is 0.377. The Morgan fingerprint density at radius 3 is 2.88 bits per heavy atom. The molecule has 4 N–H and O–H groups in total. The first-order valence-corrected chi connectivity index (χ1v) is 11.5. The second-order valence-corrected chi connectivity index (χ2v) is 8.96. The molecule has 0 radical (unpaired) electrons. The smallest absolute Gasteiger partial charge is 0.228 e. The number of rotatable bonds is 7. The molecule has 34 heavy (non-hydrogen) atoms. The first-order chi connectivity index (χ1) is 16.4. The average Bonchev–Trinajstić information content (AvgIpc) is 3.46.